The Bertz CT molecular complexity index is 1590. The average molecular weight is 658 g/mol. The number of hydrogen-bond donors (Lipinski definition) is 4. The SMILES string of the molecule is Cc1cc(C(=O)N2CCCCNC(=O)[C@@H](C)NC(=O)[C@H](CC(C)C)NC(=O)[C@@H](Cc3ccccc3)NC(=O)c3ccc(cc3)C2)n(C)n1. The first-order valence-corrected chi connectivity index (χ1v) is 16.5. The molecular weight excluding hydrogens is 610 g/mol. The van der Waals surface area contributed by atoms with Crippen molar-refractivity contribution in [3.8, 4) is 0 Å². The van der Waals surface area contributed by atoms with Gasteiger partial charge in [-0.3, -0.25) is 28.7 Å². The number of carbonyl (C=O) groups is 5. The molecule has 2 aliphatic rings. The van der Waals surface area contributed by atoms with Crippen LogP contribution >= 0.6 is 0 Å². The number of aromatic nitrogens is 2. The number of nitrogens with one attached hydrogen (secondary N) is 4. The lowest BCUT2D eigenvalue weighted by atomic mass is 10.0. The van der Waals surface area contributed by atoms with Crippen LogP contribution in [0, 0.1) is 12.8 Å². The molecule has 2 bridgehead atoms. The number of aryl methyl sites for hydroxylation is 2. The van der Waals surface area contributed by atoms with Gasteiger partial charge in [-0.1, -0.05) is 56.3 Å². The first-order valence-electron chi connectivity index (χ1n) is 16.5. The summed E-state index contributed by atoms with van der Waals surface area (Å²) in [5.41, 5.74) is 3.21. The van der Waals surface area contributed by atoms with E-state index in [-0.39, 0.29) is 24.2 Å². The fourth-order valence-electron chi connectivity index (χ4n) is 5.65. The van der Waals surface area contributed by atoms with Gasteiger partial charge in [-0.2, -0.15) is 5.10 Å². The summed E-state index contributed by atoms with van der Waals surface area (Å²) in [6, 6.07) is 15.3. The van der Waals surface area contributed by atoms with E-state index in [1.807, 2.05) is 51.1 Å². The summed E-state index contributed by atoms with van der Waals surface area (Å²) >= 11 is 0. The predicted octanol–water partition coefficient (Wildman–Crippen LogP) is 2.66. The second kappa shape index (κ2) is 16.7. The maximum Gasteiger partial charge on any atom is 0.272 e. The van der Waals surface area contributed by atoms with E-state index in [1.165, 1.54) is 0 Å². The minimum atomic E-state index is -0.979. The standard InChI is InChI=1S/C36H47N7O5/c1-23(2)19-29-34(46)38-25(4)32(44)37-17-9-10-18-43(36(48)31-20-24(3)41-42(31)5)22-27-13-15-28(16-14-27)33(45)39-30(35(47)40-29)21-26-11-7-6-8-12-26/h6-8,11-16,20,23,25,29-30H,9-10,17-19,21-22H2,1-5H3,(H,37,44)(H,38,46)(H,39,45)(H,40,47)/t25-,29+,30-/m1/s1. The van der Waals surface area contributed by atoms with Crippen LogP contribution in [0.15, 0.2) is 60.7 Å². The Morgan fingerprint density at radius 2 is 1.58 bits per heavy atom. The van der Waals surface area contributed by atoms with E-state index in [9.17, 15) is 24.0 Å². The van der Waals surface area contributed by atoms with E-state index in [4.69, 9.17) is 0 Å². The second-order valence-electron chi connectivity index (χ2n) is 12.9. The first-order chi connectivity index (χ1) is 22.9. The summed E-state index contributed by atoms with van der Waals surface area (Å²) in [6.07, 6.45) is 1.77. The molecule has 4 N–H and O–H groups in total. The van der Waals surface area contributed by atoms with Crippen molar-refractivity contribution in [2.24, 2.45) is 13.0 Å². The molecule has 0 fully saturated rings. The largest absolute Gasteiger partial charge is 0.354 e. The summed E-state index contributed by atoms with van der Waals surface area (Å²) in [5.74, 6) is -1.90. The van der Waals surface area contributed by atoms with Gasteiger partial charge in [-0.15, -0.1) is 0 Å². The lowest BCUT2D eigenvalue weighted by Crippen LogP contribution is -2.57. The lowest BCUT2D eigenvalue weighted by Gasteiger charge is -2.25. The van der Waals surface area contributed by atoms with Gasteiger partial charge in [-0.05, 0) is 68.4 Å². The van der Waals surface area contributed by atoms with Crippen molar-refractivity contribution in [2.75, 3.05) is 13.1 Å². The van der Waals surface area contributed by atoms with Gasteiger partial charge in [0.2, 0.25) is 17.7 Å². The van der Waals surface area contributed by atoms with Gasteiger partial charge in [0.05, 0.1) is 5.69 Å². The molecule has 1 aromatic heterocycles. The summed E-state index contributed by atoms with van der Waals surface area (Å²) in [7, 11) is 1.73. The van der Waals surface area contributed by atoms with Crippen LogP contribution in [0.5, 0.6) is 0 Å². The van der Waals surface area contributed by atoms with Crippen molar-refractivity contribution in [3.05, 3.63) is 88.7 Å². The molecule has 0 saturated carbocycles. The molecule has 2 aliphatic heterocycles. The maximum atomic E-state index is 13.7. The van der Waals surface area contributed by atoms with E-state index < -0.39 is 35.8 Å². The zero-order chi connectivity index (χ0) is 34.8. The molecule has 2 aromatic carbocycles. The lowest BCUT2D eigenvalue weighted by molar-refractivity contribution is -0.132. The first kappa shape index (κ1) is 35.8. The van der Waals surface area contributed by atoms with Gasteiger partial charge in [0.15, 0.2) is 0 Å². The van der Waals surface area contributed by atoms with Crippen molar-refractivity contribution in [1.29, 1.82) is 0 Å². The van der Waals surface area contributed by atoms with Crippen molar-refractivity contribution < 1.29 is 24.0 Å². The van der Waals surface area contributed by atoms with Crippen molar-refractivity contribution in [1.82, 2.24) is 35.9 Å². The third-order valence-corrected chi connectivity index (χ3v) is 8.25. The molecule has 0 saturated heterocycles. The molecule has 48 heavy (non-hydrogen) atoms. The summed E-state index contributed by atoms with van der Waals surface area (Å²) in [4.78, 5) is 68.8. The predicted molar refractivity (Wildman–Crippen MR) is 182 cm³/mol. The quantitative estimate of drug-likeness (QED) is 0.310. The summed E-state index contributed by atoms with van der Waals surface area (Å²) < 4.78 is 1.56. The van der Waals surface area contributed by atoms with E-state index in [0.717, 1.165) is 16.8 Å². The van der Waals surface area contributed by atoms with E-state index >= 15 is 0 Å². The van der Waals surface area contributed by atoms with Crippen LogP contribution in [-0.4, -0.2) is 75.4 Å². The zero-order valence-corrected chi connectivity index (χ0v) is 28.4. The van der Waals surface area contributed by atoms with Gasteiger partial charge >= 0.3 is 0 Å². The molecule has 5 rings (SSSR count). The highest BCUT2D eigenvalue weighted by molar-refractivity contribution is 5.99. The van der Waals surface area contributed by atoms with Gasteiger partial charge in [0.25, 0.3) is 11.8 Å². The molecule has 5 amide bonds. The Morgan fingerprint density at radius 1 is 0.896 bits per heavy atom. The second-order valence-corrected chi connectivity index (χ2v) is 12.9. The topological polar surface area (TPSA) is 155 Å². The van der Waals surface area contributed by atoms with E-state index in [2.05, 4.69) is 26.4 Å². The molecule has 12 heteroatoms. The Balaban J connectivity index is 1.63. The minimum Gasteiger partial charge on any atom is -0.354 e. The number of benzene rings is 2. The number of carbonyl (C=O) groups excluding carboxylic acids is 5. The number of nitrogens with zero attached hydrogens (tertiary/aromatic N) is 3. The molecule has 0 aliphatic carbocycles. The average Bonchev–Trinajstić information content (AvgIpc) is 3.40. The number of fused-ring (bicyclic) bond motifs is 18. The van der Waals surface area contributed by atoms with Crippen LogP contribution in [-0.2, 0) is 34.4 Å². The third-order valence-electron chi connectivity index (χ3n) is 8.25. The van der Waals surface area contributed by atoms with Crippen molar-refractivity contribution in [3.63, 3.8) is 0 Å². The minimum absolute atomic E-state index is 0.0636. The van der Waals surface area contributed by atoms with E-state index in [1.54, 1.807) is 53.9 Å². The fraction of sp³-hybridized carbons (Fsp3) is 0.444. The Morgan fingerprint density at radius 3 is 2.23 bits per heavy atom. The molecule has 3 aromatic rings. The number of hydrogen-bond acceptors (Lipinski definition) is 6. The molecule has 256 valence electrons. The highest BCUT2D eigenvalue weighted by Gasteiger charge is 2.30. The molecule has 0 unspecified atom stereocenters. The van der Waals surface area contributed by atoms with Gasteiger partial charge in [0.1, 0.15) is 23.8 Å². The van der Waals surface area contributed by atoms with Gasteiger partial charge in [-0.25, -0.2) is 0 Å². The highest BCUT2D eigenvalue weighted by Crippen LogP contribution is 2.15. The van der Waals surface area contributed by atoms with Crippen molar-refractivity contribution in [2.45, 2.75) is 78.0 Å². The third kappa shape index (κ3) is 10.00. The summed E-state index contributed by atoms with van der Waals surface area (Å²) in [6.45, 7) is 8.40. The maximum absolute atomic E-state index is 13.7. The number of rotatable bonds is 5. The Labute approximate surface area is 282 Å². The molecule has 0 radical (unpaired) electrons. The van der Waals surface area contributed by atoms with Crippen LogP contribution in [0.25, 0.3) is 0 Å². The highest BCUT2D eigenvalue weighted by atomic mass is 16.2. The Kier molecular flexibility index (Phi) is 12.5. The van der Waals surface area contributed by atoms with Crippen LogP contribution in [0.2, 0.25) is 0 Å². The van der Waals surface area contributed by atoms with Crippen LogP contribution in [0.4, 0.5) is 0 Å². The molecular formula is C36H47N7O5. The van der Waals surface area contributed by atoms with Gasteiger partial charge in [0, 0.05) is 38.7 Å². The number of amides is 5. The molecule has 12 nitrogen and oxygen atoms in total. The Hall–Kier alpha value is -5.00. The zero-order valence-electron chi connectivity index (χ0n) is 28.4. The van der Waals surface area contributed by atoms with Crippen LogP contribution in [0.3, 0.4) is 0 Å². The molecule has 0 spiro atoms. The van der Waals surface area contributed by atoms with Gasteiger partial charge < -0.3 is 26.2 Å². The van der Waals surface area contributed by atoms with Crippen molar-refractivity contribution >= 4 is 29.5 Å². The fourth-order valence-corrected chi connectivity index (χ4v) is 5.65. The monoisotopic (exact) mass is 657 g/mol. The van der Waals surface area contributed by atoms with E-state index in [0.29, 0.717) is 50.2 Å². The summed E-state index contributed by atoms with van der Waals surface area (Å²) in [5, 5.41) is 15.6. The molecule has 3 heterocycles. The molecule has 3 atom stereocenters. The smallest absolute Gasteiger partial charge is 0.272 e. The van der Waals surface area contributed by atoms with Crippen LogP contribution < -0.4 is 21.3 Å². The van der Waals surface area contributed by atoms with Crippen LogP contribution in [0.1, 0.15) is 77.7 Å². The normalized spacial score (nSPS) is 20.4.